The molecular formula is C21H25N3O2. The zero-order valence-electron chi connectivity index (χ0n) is 15.5. The van der Waals surface area contributed by atoms with Crippen molar-refractivity contribution in [2.24, 2.45) is 4.99 Å². The topological polar surface area (TPSA) is 60.1 Å². The van der Waals surface area contributed by atoms with Gasteiger partial charge in [0.25, 0.3) is 0 Å². The molecule has 4 rings (SSSR count). The van der Waals surface area contributed by atoms with Crippen molar-refractivity contribution < 1.29 is 9.47 Å². The first-order valence-electron chi connectivity index (χ1n) is 8.99. The minimum Gasteiger partial charge on any atom is -0.493 e. The molecule has 2 aliphatic rings. The molecule has 1 saturated heterocycles. The highest BCUT2D eigenvalue weighted by Gasteiger charge is 2.36. The lowest BCUT2D eigenvalue weighted by Gasteiger charge is -2.39. The number of rotatable bonds is 3. The van der Waals surface area contributed by atoms with Crippen LogP contribution in [0.5, 0.6) is 11.5 Å². The van der Waals surface area contributed by atoms with Gasteiger partial charge in [0.1, 0.15) is 0 Å². The van der Waals surface area contributed by atoms with Crippen LogP contribution in [-0.4, -0.2) is 51.0 Å². The molecule has 26 heavy (non-hydrogen) atoms. The molecule has 0 bridgehead atoms. The second-order valence-corrected chi connectivity index (χ2v) is 7.12. The summed E-state index contributed by atoms with van der Waals surface area (Å²) >= 11 is 0. The molecule has 0 aliphatic carbocycles. The van der Waals surface area contributed by atoms with E-state index in [1.807, 2.05) is 24.3 Å². The molecule has 136 valence electrons. The Labute approximate surface area is 154 Å². The van der Waals surface area contributed by atoms with Gasteiger partial charge in [-0.3, -0.25) is 4.99 Å². The number of piperidine rings is 1. The van der Waals surface area contributed by atoms with Crippen molar-refractivity contribution in [1.29, 1.82) is 0 Å². The highest BCUT2D eigenvalue weighted by molar-refractivity contribution is 6.15. The summed E-state index contributed by atoms with van der Waals surface area (Å²) < 4.78 is 11.1. The normalized spacial score (nSPS) is 22.2. The molecule has 2 aromatic rings. The molecule has 0 spiro atoms. The van der Waals surface area contributed by atoms with Crippen LogP contribution in [0.15, 0.2) is 41.4 Å². The van der Waals surface area contributed by atoms with Crippen molar-refractivity contribution >= 4 is 11.4 Å². The SMILES string of the molecule is COc1cc2c(cc1OC)C1CN(C)CCC1N=C2c1ccc(N)cc1. The largest absolute Gasteiger partial charge is 0.493 e. The number of ether oxygens (including phenoxy) is 2. The molecule has 1 fully saturated rings. The van der Waals surface area contributed by atoms with Gasteiger partial charge in [-0.15, -0.1) is 0 Å². The second kappa shape index (κ2) is 6.65. The van der Waals surface area contributed by atoms with Crippen LogP contribution in [0.4, 0.5) is 5.69 Å². The van der Waals surface area contributed by atoms with E-state index >= 15 is 0 Å². The highest BCUT2D eigenvalue weighted by Crippen LogP contribution is 2.42. The maximum Gasteiger partial charge on any atom is 0.161 e. The van der Waals surface area contributed by atoms with E-state index in [4.69, 9.17) is 20.2 Å². The summed E-state index contributed by atoms with van der Waals surface area (Å²) in [7, 11) is 5.53. The molecule has 0 saturated carbocycles. The van der Waals surface area contributed by atoms with E-state index in [2.05, 4.69) is 24.1 Å². The fourth-order valence-electron chi connectivity index (χ4n) is 4.08. The Morgan fingerprint density at radius 3 is 2.46 bits per heavy atom. The van der Waals surface area contributed by atoms with E-state index < -0.39 is 0 Å². The van der Waals surface area contributed by atoms with Crippen molar-refractivity contribution in [3.8, 4) is 11.5 Å². The predicted octanol–water partition coefficient (Wildman–Crippen LogP) is 2.92. The highest BCUT2D eigenvalue weighted by atomic mass is 16.5. The molecule has 0 amide bonds. The van der Waals surface area contributed by atoms with E-state index in [9.17, 15) is 0 Å². The monoisotopic (exact) mass is 351 g/mol. The third-order valence-electron chi connectivity index (χ3n) is 5.47. The third-order valence-corrected chi connectivity index (χ3v) is 5.47. The van der Waals surface area contributed by atoms with Crippen LogP contribution in [-0.2, 0) is 0 Å². The van der Waals surface area contributed by atoms with Gasteiger partial charge in [0.15, 0.2) is 11.5 Å². The van der Waals surface area contributed by atoms with Gasteiger partial charge in [-0.2, -0.15) is 0 Å². The van der Waals surface area contributed by atoms with Crippen LogP contribution in [0.25, 0.3) is 0 Å². The first-order chi connectivity index (χ1) is 12.6. The number of fused-ring (bicyclic) bond motifs is 3. The first kappa shape index (κ1) is 16.9. The summed E-state index contributed by atoms with van der Waals surface area (Å²) in [6, 6.07) is 12.4. The van der Waals surface area contributed by atoms with Gasteiger partial charge in [-0.05, 0) is 49.8 Å². The first-order valence-corrected chi connectivity index (χ1v) is 8.99. The van der Waals surface area contributed by atoms with E-state index in [0.29, 0.717) is 12.0 Å². The lowest BCUT2D eigenvalue weighted by molar-refractivity contribution is 0.227. The Hall–Kier alpha value is -2.53. The number of aliphatic imine (C=N–C) groups is 1. The van der Waals surface area contributed by atoms with Gasteiger partial charge in [0, 0.05) is 29.3 Å². The number of nitrogens with two attached hydrogens (primary N) is 1. The standard InChI is InChI=1S/C21H25N3O2/c1-24-9-8-18-17(12-24)15-10-19(25-2)20(26-3)11-16(15)21(23-18)13-4-6-14(22)7-5-13/h4-7,10-11,17-18H,8-9,12,22H2,1-3H3. The van der Waals surface area contributed by atoms with Crippen LogP contribution >= 0.6 is 0 Å². The fraction of sp³-hybridized carbons (Fsp3) is 0.381. The summed E-state index contributed by atoms with van der Waals surface area (Å²) in [4.78, 5) is 7.54. The minimum absolute atomic E-state index is 0.296. The van der Waals surface area contributed by atoms with Crippen molar-refractivity contribution in [2.45, 2.75) is 18.4 Å². The maximum atomic E-state index is 5.87. The quantitative estimate of drug-likeness (QED) is 0.864. The average Bonchev–Trinajstić information content (AvgIpc) is 2.67. The third kappa shape index (κ3) is 2.82. The zero-order chi connectivity index (χ0) is 18.3. The summed E-state index contributed by atoms with van der Waals surface area (Å²) in [5.74, 6) is 1.88. The van der Waals surface area contributed by atoms with Gasteiger partial charge < -0.3 is 20.1 Å². The van der Waals surface area contributed by atoms with Crippen molar-refractivity contribution in [3.05, 3.63) is 53.1 Å². The Morgan fingerprint density at radius 2 is 1.77 bits per heavy atom. The predicted molar refractivity (Wildman–Crippen MR) is 105 cm³/mol. The molecule has 5 heteroatoms. The Bertz CT molecular complexity index is 845. The smallest absolute Gasteiger partial charge is 0.161 e. The number of hydrogen-bond donors (Lipinski definition) is 1. The number of nitrogens with zero attached hydrogens (tertiary/aromatic N) is 2. The fourth-order valence-corrected chi connectivity index (χ4v) is 4.08. The summed E-state index contributed by atoms with van der Waals surface area (Å²) in [5.41, 5.74) is 11.2. The second-order valence-electron chi connectivity index (χ2n) is 7.12. The lowest BCUT2D eigenvalue weighted by Crippen LogP contribution is -2.41. The zero-order valence-corrected chi connectivity index (χ0v) is 15.5. The Balaban J connectivity index is 1.89. The van der Waals surface area contributed by atoms with Gasteiger partial charge in [-0.25, -0.2) is 0 Å². The van der Waals surface area contributed by atoms with Crippen molar-refractivity contribution in [3.63, 3.8) is 0 Å². The Morgan fingerprint density at radius 1 is 1.08 bits per heavy atom. The average molecular weight is 351 g/mol. The maximum absolute atomic E-state index is 5.87. The number of nitrogen functional groups attached to an aromatic ring is 1. The van der Waals surface area contributed by atoms with Gasteiger partial charge in [-0.1, -0.05) is 12.1 Å². The van der Waals surface area contributed by atoms with E-state index in [1.54, 1.807) is 14.2 Å². The molecule has 2 N–H and O–H groups in total. The van der Waals surface area contributed by atoms with Crippen molar-refractivity contribution in [2.75, 3.05) is 40.1 Å². The van der Waals surface area contributed by atoms with Gasteiger partial charge >= 0.3 is 0 Å². The Kier molecular flexibility index (Phi) is 4.32. The van der Waals surface area contributed by atoms with Crippen LogP contribution in [0, 0.1) is 0 Å². The number of anilines is 1. The molecule has 2 aromatic carbocycles. The minimum atomic E-state index is 0.296. The number of benzene rings is 2. The summed E-state index contributed by atoms with van der Waals surface area (Å²) in [5, 5.41) is 0. The van der Waals surface area contributed by atoms with E-state index in [-0.39, 0.29) is 0 Å². The van der Waals surface area contributed by atoms with Crippen LogP contribution in [0.1, 0.15) is 29.0 Å². The lowest BCUT2D eigenvalue weighted by atomic mass is 9.79. The molecule has 5 nitrogen and oxygen atoms in total. The van der Waals surface area contributed by atoms with Crippen molar-refractivity contribution in [1.82, 2.24) is 4.90 Å². The molecule has 2 heterocycles. The van der Waals surface area contributed by atoms with Gasteiger partial charge in [0.2, 0.25) is 0 Å². The van der Waals surface area contributed by atoms with Crippen LogP contribution in [0.3, 0.4) is 0 Å². The summed E-state index contributed by atoms with van der Waals surface area (Å²) in [6.07, 6.45) is 1.06. The molecule has 2 unspecified atom stereocenters. The van der Waals surface area contributed by atoms with E-state index in [0.717, 1.165) is 53.5 Å². The summed E-state index contributed by atoms with van der Waals surface area (Å²) in [6.45, 7) is 2.08. The molecule has 0 aromatic heterocycles. The molecule has 2 atom stereocenters. The van der Waals surface area contributed by atoms with E-state index in [1.165, 1.54) is 5.56 Å². The molecular weight excluding hydrogens is 326 g/mol. The molecule has 0 radical (unpaired) electrons. The number of likely N-dealkylation sites (N-methyl/N-ethyl adjacent to an activating group) is 1. The number of methoxy groups -OCH3 is 2. The molecule has 2 aliphatic heterocycles. The van der Waals surface area contributed by atoms with Crippen LogP contribution in [0.2, 0.25) is 0 Å². The number of hydrogen-bond acceptors (Lipinski definition) is 5. The van der Waals surface area contributed by atoms with Crippen LogP contribution < -0.4 is 15.2 Å². The van der Waals surface area contributed by atoms with Gasteiger partial charge in [0.05, 0.1) is 26.0 Å². The number of likely N-dealkylation sites (tertiary alicyclic amines) is 1.